The summed E-state index contributed by atoms with van der Waals surface area (Å²) >= 11 is 0. The molecule has 0 radical (unpaired) electrons. The first-order chi connectivity index (χ1) is 13.1. The monoisotopic (exact) mass is 369 g/mol. The second kappa shape index (κ2) is 7.42. The molecule has 0 saturated carbocycles. The van der Waals surface area contributed by atoms with E-state index in [4.69, 9.17) is 9.26 Å². The van der Waals surface area contributed by atoms with Crippen molar-refractivity contribution in [1.29, 1.82) is 0 Å². The number of nitrogens with zero attached hydrogens (tertiary/aromatic N) is 3. The average Bonchev–Trinajstić information content (AvgIpc) is 3.26. The number of aryl methyl sites for hydroxylation is 1. The number of benzene rings is 1. The van der Waals surface area contributed by atoms with Gasteiger partial charge in [-0.3, -0.25) is 9.69 Å². The number of fused-ring (bicyclic) bond motifs is 1. The summed E-state index contributed by atoms with van der Waals surface area (Å²) in [6, 6.07) is 9.39. The number of rotatable bonds is 5. The summed E-state index contributed by atoms with van der Waals surface area (Å²) in [5.74, 6) is 0.798. The van der Waals surface area contributed by atoms with Gasteiger partial charge < -0.3 is 14.2 Å². The first kappa shape index (κ1) is 17.6. The predicted molar refractivity (Wildman–Crippen MR) is 96.9 cm³/mol. The first-order valence-corrected chi connectivity index (χ1v) is 9.32. The summed E-state index contributed by atoms with van der Waals surface area (Å²) in [5, 5.41) is 4.16. The number of ether oxygens (including phenoxy) is 1. The van der Waals surface area contributed by atoms with Crippen LogP contribution in [0.3, 0.4) is 0 Å². The summed E-state index contributed by atoms with van der Waals surface area (Å²) in [4.78, 5) is 28.0. The van der Waals surface area contributed by atoms with E-state index in [2.05, 4.69) is 5.16 Å². The Hall–Kier alpha value is -2.83. The largest absolute Gasteiger partial charge is 0.447 e. The molecule has 0 N–H and O–H groups in total. The minimum atomic E-state index is -0.454. The maximum absolute atomic E-state index is 12.7. The van der Waals surface area contributed by atoms with E-state index in [-0.39, 0.29) is 25.1 Å². The van der Waals surface area contributed by atoms with Crippen LogP contribution in [0.25, 0.3) is 0 Å². The Bertz CT molecular complexity index is 833. The smallest absolute Gasteiger partial charge is 0.410 e. The molecule has 1 aliphatic heterocycles. The quantitative estimate of drug-likeness (QED) is 0.810. The third kappa shape index (κ3) is 3.54. The van der Waals surface area contributed by atoms with Crippen LogP contribution in [-0.4, -0.2) is 47.2 Å². The molecule has 1 aliphatic carbocycles. The molecule has 1 aromatic carbocycles. The van der Waals surface area contributed by atoms with Gasteiger partial charge in [-0.2, -0.15) is 0 Å². The zero-order chi connectivity index (χ0) is 18.8. The van der Waals surface area contributed by atoms with Crippen molar-refractivity contribution in [1.82, 2.24) is 15.0 Å². The van der Waals surface area contributed by atoms with Crippen LogP contribution < -0.4 is 0 Å². The molecule has 1 fully saturated rings. The molecule has 27 heavy (non-hydrogen) atoms. The van der Waals surface area contributed by atoms with Crippen molar-refractivity contribution < 1.29 is 18.8 Å². The molecular weight excluding hydrogens is 346 g/mol. The summed E-state index contributed by atoms with van der Waals surface area (Å²) < 4.78 is 10.6. The van der Waals surface area contributed by atoms with Crippen molar-refractivity contribution in [2.75, 3.05) is 20.2 Å². The standard InChI is InChI=1S/C20H23N3O4/c1-22(11-16-15-9-5-6-10-18(15)27-21-16)19(24)12-23-17(13-26-20(23)25)14-7-3-2-4-8-14/h2-4,7-8,17H,5-6,9-13H2,1H3/t17-/m1/s1. The summed E-state index contributed by atoms with van der Waals surface area (Å²) in [6.45, 7) is 0.627. The van der Waals surface area contributed by atoms with Crippen molar-refractivity contribution in [3.05, 3.63) is 52.9 Å². The van der Waals surface area contributed by atoms with Gasteiger partial charge in [-0.05, 0) is 24.8 Å². The number of aromatic nitrogens is 1. The predicted octanol–water partition coefficient (Wildman–Crippen LogP) is 2.71. The zero-order valence-corrected chi connectivity index (χ0v) is 15.4. The minimum Gasteiger partial charge on any atom is -0.447 e. The van der Waals surface area contributed by atoms with Gasteiger partial charge in [0, 0.05) is 19.0 Å². The van der Waals surface area contributed by atoms with Crippen molar-refractivity contribution in [3.8, 4) is 0 Å². The van der Waals surface area contributed by atoms with Gasteiger partial charge >= 0.3 is 6.09 Å². The molecular formula is C20H23N3O4. The van der Waals surface area contributed by atoms with Crippen LogP contribution in [0.15, 0.2) is 34.9 Å². The molecule has 1 aromatic heterocycles. The molecule has 0 unspecified atom stereocenters. The lowest BCUT2D eigenvalue weighted by Gasteiger charge is -2.24. The van der Waals surface area contributed by atoms with Crippen molar-refractivity contribution in [3.63, 3.8) is 0 Å². The summed E-state index contributed by atoms with van der Waals surface area (Å²) in [6.07, 6.45) is 3.65. The molecule has 2 aliphatic rings. The van der Waals surface area contributed by atoms with E-state index in [9.17, 15) is 9.59 Å². The zero-order valence-electron chi connectivity index (χ0n) is 15.4. The van der Waals surface area contributed by atoms with Crippen molar-refractivity contribution in [2.45, 2.75) is 38.3 Å². The number of hydrogen-bond donors (Lipinski definition) is 0. The van der Waals surface area contributed by atoms with Crippen LogP contribution in [0.5, 0.6) is 0 Å². The number of likely N-dealkylation sites (N-methyl/N-ethyl adjacent to an activating group) is 1. The topological polar surface area (TPSA) is 75.9 Å². The van der Waals surface area contributed by atoms with E-state index < -0.39 is 6.09 Å². The summed E-state index contributed by atoms with van der Waals surface area (Å²) in [7, 11) is 1.73. The Morgan fingerprint density at radius 1 is 1.26 bits per heavy atom. The second-order valence-corrected chi connectivity index (χ2v) is 7.12. The van der Waals surface area contributed by atoms with Crippen LogP contribution in [0.1, 0.15) is 41.5 Å². The van der Waals surface area contributed by atoms with Gasteiger partial charge in [-0.25, -0.2) is 4.79 Å². The fraction of sp³-hybridized carbons (Fsp3) is 0.450. The Labute approximate surface area is 157 Å². The molecule has 4 rings (SSSR count). The minimum absolute atomic E-state index is 0.0189. The molecule has 2 amide bonds. The Morgan fingerprint density at radius 2 is 2.04 bits per heavy atom. The van der Waals surface area contributed by atoms with Gasteiger partial charge in [0.1, 0.15) is 24.6 Å². The van der Waals surface area contributed by atoms with Gasteiger partial charge in [-0.1, -0.05) is 35.5 Å². The molecule has 0 bridgehead atoms. The normalized spacial score (nSPS) is 18.9. The Morgan fingerprint density at radius 3 is 2.85 bits per heavy atom. The Kier molecular flexibility index (Phi) is 4.83. The molecule has 1 atom stereocenters. The first-order valence-electron chi connectivity index (χ1n) is 9.32. The SMILES string of the molecule is CN(Cc1noc2c1CCCC2)C(=O)CN1C(=O)OC[C@@H]1c1ccccc1. The third-order valence-electron chi connectivity index (χ3n) is 5.31. The molecule has 2 aromatic rings. The Balaban J connectivity index is 1.43. The molecule has 7 nitrogen and oxygen atoms in total. The highest BCUT2D eigenvalue weighted by molar-refractivity contribution is 5.83. The number of carbonyl (C=O) groups excluding carboxylic acids is 2. The van der Waals surface area contributed by atoms with Gasteiger partial charge in [-0.15, -0.1) is 0 Å². The fourth-order valence-corrected chi connectivity index (χ4v) is 3.73. The number of hydrogen-bond acceptors (Lipinski definition) is 5. The van der Waals surface area contributed by atoms with Crippen molar-refractivity contribution in [2.24, 2.45) is 0 Å². The highest BCUT2D eigenvalue weighted by Gasteiger charge is 2.36. The molecule has 1 saturated heterocycles. The van der Waals surface area contributed by atoms with E-state index in [1.54, 1.807) is 11.9 Å². The van der Waals surface area contributed by atoms with E-state index >= 15 is 0 Å². The van der Waals surface area contributed by atoms with E-state index in [0.29, 0.717) is 6.54 Å². The third-order valence-corrected chi connectivity index (χ3v) is 5.31. The summed E-state index contributed by atoms with van der Waals surface area (Å²) in [5.41, 5.74) is 2.93. The van der Waals surface area contributed by atoms with Crippen molar-refractivity contribution >= 4 is 12.0 Å². The fourth-order valence-electron chi connectivity index (χ4n) is 3.73. The molecule has 7 heteroatoms. The number of carbonyl (C=O) groups is 2. The van der Waals surface area contributed by atoms with Crippen LogP contribution in [0, 0.1) is 0 Å². The molecule has 0 spiro atoms. The van der Waals surface area contributed by atoms with E-state index in [1.807, 2.05) is 30.3 Å². The maximum Gasteiger partial charge on any atom is 0.410 e. The lowest BCUT2D eigenvalue weighted by Crippen LogP contribution is -2.39. The second-order valence-electron chi connectivity index (χ2n) is 7.12. The van der Waals surface area contributed by atoms with Gasteiger partial charge in [0.2, 0.25) is 5.91 Å². The molecule has 142 valence electrons. The highest BCUT2D eigenvalue weighted by Crippen LogP contribution is 2.28. The molecule has 2 heterocycles. The van der Waals surface area contributed by atoms with Crippen LogP contribution in [-0.2, 0) is 28.9 Å². The average molecular weight is 369 g/mol. The van der Waals surface area contributed by atoms with Gasteiger partial charge in [0.05, 0.1) is 12.6 Å². The van der Waals surface area contributed by atoms with Crippen LogP contribution in [0.4, 0.5) is 4.79 Å². The van der Waals surface area contributed by atoms with E-state index in [1.165, 1.54) is 4.90 Å². The van der Waals surface area contributed by atoms with Crippen LogP contribution in [0.2, 0.25) is 0 Å². The number of amides is 2. The van der Waals surface area contributed by atoms with Gasteiger partial charge in [0.15, 0.2) is 0 Å². The lowest BCUT2D eigenvalue weighted by molar-refractivity contribution is -0.131. The number of cyclic esters (lactones) is 1. The highest BCUT2D eigenvalue weighted by atomic mass is 16.6. The van der Waals surface area contributed by atoms with Crippen LogP contribution >= 0.6 is 0 Å². The van der Waals surface area contributed by atoms with Gasteiger partial charge in [0.25, 0.3) is 0 Å². The lowest BCUT2D eigenvalue weighted by atomic mass is 9.96. The van der Waals surface area contributed by atoms with E-state index in [0.717, 1.165) is 48.3 Å². The maximum atomic E-state index is 12.7.